The minimum atomic E-state index is -0.299. The summed E-state index contributed by atoms with van der Waals surface area (Å²) in [5.41, 5.74) is 7.35. The summed E-state index contributed by atoms with van der Waals surface area (Å²) in [5, 5.41) is 6.18. The number of hydrogen-bond donors (Lipinski definition) is 3. The number of carbonyl (C=O) groups excluding carboxylic acids is 2. The lowest BCUT2D eigenvalue weighted by Crippen LogP contribution is -2.38. The Hall–Kier alpha value is -2.08. The molecule has 0 bridgehead atoms. The van der Waals surface area contributed by atoms with Crippen LogP contribution in [0.15, 0.2) is 48.5 Å². The third kappa shape index (κ3) is 5.21. The van der Waals surface area contributed by atoms with E-state index in [0.29, 0.717) is 34.3 Å². The molecule has 0 heterocycles. The van der Waals surface area contributed by atoms with Crippen LogP contribution in [0.1, 0.15) is 33.6 Å². The monoisotopic (exact) mass is 393 g/mol. The predicted molar refractivity (Wildman–Crippen MR) is 106 cm³/mol. The van der Waals surface area contributed by atoms with Crippen molar-refractivity contribution in [1.82, 2.24) is 5.32 Å². The van der Waals surface area contributed by atoms with Gasteiger partial charge in [-0.15, -0.1) is 12.4 Å². The molecule has 0 aliphatic heterocycles. The maximum absolute atomic E-state index is 12.4. The lowest BCUT2D eigenvalue weighted by Gasteiger charge is -2.14. The summed E-state index contributed by atoms with van der Waals surface area (Å²) in [6.07, 6.45) is 2.26. The topological polar surface area (TPSA) is 84.2 Å². The lowest BCUT2D eigenvalue weighted by molar-refractivity contribution is 0.0951. The fourth-order valence-corrected chi connectivity index (χ4v) is 2.71. The van der Waals surface area contributed by atoms with Gasteiger partial charge < -0.3 is 16.4 Å². The molecule has 0 aromatic heterocycles. The highest BCUT2D eigenvalue weighted by Gasteiger charge is 2.28. The number of rotatable bonds is 6. The zero-order valence-corrected chi connectivity index (χ0v) is 15.6. The minimum absolute atomic E-state index is 0. The Labute approximate surface area is 163 Å². The molecule has 1 unspecified atom stereocenters. The van der Waals surface area contributed by atoms with E-state index in [1.807, 2.05) is 0 Å². The highest BCUT2D eigenvalue weighted by molar-refractivity contribution is 6.30. The first-order valence-electron chi connectivity index (χ1n) is 8.24. The molecule has 2 aromatic carbocycles. The Morgan fingerprint density at radius 2 is 1.73 bits per heavy atom. The van der Waals surface area contributed by atoms with Gasteiger partial charge in [0.1, 0.15) is 0 Å². The van der Waals surface area contributed by atoms with Gasteiger partial charge in [0.25, 0.3) is 11.8 Å². The fourth-order valence-electron chi connectivity index (χ4n) is 2.58. The van der Waals surface area contributed by atoms with E-state index in [1.54, 1.807) is 48.5 Å². The third-order valence-corrected chi connectivity index (χ3v) is 4.50. The van der Waals surface area contributed by atoms with Gasteiger partial charge in [-0.25, -0.2) is 0 Å². The van der Waals surface area contributed by atoms with Gasteiger partial charge in [0.15, 0.2) is 0 Å². The van der Waals surface area contributed by atoms with Crippen molar-refractivity contribution in [1.29, 1.82) is 0 Å². The summed E-state index contributed by atoms with van der Waals surface area (Å²) in [4.78, 5) is 24.8. The molecule has 1 saturated carbocycles. The van der Waals surface area contributed by atoms with E-state index >= 15 is 0 Å². The quantitative estimate of drug-likeness (QED) is 0.702. The summed E-state index contributed by atoms with van der Waals surface area (Å²) in [6, 6.07) is 13.4. The first kappa shape index (κ1) is 20.2. The van der Waals surface area contributed by atoms with Gasteiger partial charge in [-0.1, -0.05) is 23.7 Å². The average molecular weight is 394 g/mol. The molecule has 0 radical (unpaired) electrons. The predicted octanol–water partition coefficient (Wildman–Crippen LogP) is 3.48. The summed E-state index contributed by atoms with van der Waals surface area (Å²) in [5.74, 6) is -0.0325. The molecule has 26 heavy (non-hydrogen) atoms. The van der Waals surface area contributed by atoms with Crippen LogP contribution in [0.4, 0.5) is 5.69 Å². The van der Waals surface area contributed by atoms with Gasteiger partial charge in [-0.2, -0.15) is 0 Å². The molecule has 2 amide bonds. The van der Waals surface area contributed by atoms with Crippen LogP contribution < -0.4 is 16.4 Å². The molecular weight excluding hydrogens is 373 g/mol. The van der Waals surface area contributed by atoms with E-state index in [4.69, 9.17) is 17.3 Å². The maximum Gasteiger partial charge on any atom is 0.255 e. The number of anilines is 1. The standard InChI is InChI=1S/C19H20ClN3O2.ClH/c20-14-9-7-13(8-10-14)18(24)23-17-4-2-1-3-15(17)19(25)22-11-16(21)12-5-6-12;/h1-4,7-10,12,16H,5-6,11,21H2,(H,22,25)(H,23,24);1H. The van der Waals surface area contributed by atoms with Crippen molar-refractivity contribution in [3.63, 3.8) is 0 Å². The third-order valence-electron chi connectivity index (χ3n) is 4.25. The second-order valence-corrected chi connectivity index (χ2v) is 6.65. The smallest absolute Gasteiger partial charge is 0.255 e. The fraction of sp³-hybridized carbons (Fsp3) is 0.263. The average Bonchev–Trinajstić information content (AvgIpc) is 3.45. The number of amides is 2. The van der Waals surface area contributed by atoms with Crippen molar-refractivity contribution >= 4 is 41.5 Å². The molecule has 1 atom stereocenters. The Kier molecular flexibility index (Phi) is 7.03. The first-order valence-corrected chi connectivity index (χ1v) is 8.62. The second kappa shape index (κ2) is 9.03. The van der Waals surface area contributed by atoms with Gasteiger partial charge in [-0.05, 0) is 55.2 Å². The van der Waals surface area contributed by atoms with Gasteiger partial charge in [0.05, 0.1) is 11.3 Å². The van der Waals surface area contributed by atoms with Crippen LogP contribution in [0.2, 0.25) is 5.02 Å². The first-order chi connectivity index (χ1) is 12.0. The number of benzene rings is 2. The van der Waals surface area contributed by atoms with E-state index in [2.05, 4.69) is 10.6 Å². The summed E-state index contributed by atoms with van der Waals surface area (Å²) in [6.45, 7) is 0.433. The lowest BCUT2D eigenvalue weighted by atomic mass is 10.1. The Morgan fingerprint density at radius 1 is 1.08 bits per heavy atom. The number of nitrogens with one attached hydrogen (secondary N) is 2. The van der Waals surface area contributed by atoms with Crippen LogP contribution in [0, 0.1) is 5.92 Å². The number of nitrogens with two attached hydrogens (primary N) is 1. The largest absolute Gasteiger partial charge is 0.350 e. The van der Waals surface area contributed by atoms with E-state index < -0.39 is 0 Å². The van der Waals surface area contributed by atoms with E-state index in [0.717, 1.165) is 12.8 Å². The molecule has 2 aromatic rings. The summed E-state index contributed by atoms with van der Waals surface area (Å²) < 4.78 is 0. The SMILES string of the molecule is Cl.NC(CNC(=O)c1ccccc1NC(=O)c1ccc(Cl)cc1)C1CC1. The molecule has 4 N–H and O–H groups in total. The normalized spacial score (nSPS) is 14.1. The van der Waals surface area contributed by atoms with Gasteiger partial charge in [0, 0.05) is 23.2 Å². The number of para-hydroxylation sites is 1. The van der Waals surface area contributed by atoms with Crippen molar-refractivity contribution in [3.05, 3.63) is 64.7 Å². The molecular formula is C19H21Cl2N3O2. The van der Waals surface area contributed by atoms with Gasteiger partial charge >= 0.3 is 0 Å². The van der Waals surface area contributed by atoms with Crippen LogP contribution in [0.5, 0.6) is 0 Å². The number of carbonyl (C=O) groups is 2. The Morgan fingerprint density at radius 3 is 2.38 bits per heavy atom. The van der Waals surface area contributed by atoms with Crippen molar-refractivity contribution in [2.24, 2.45) is 11.7 Å². The highest BCUT2D eigenvalue weighted by atomic mass is 35.5. The van der Waals surface area contributed by atoms with Crippen molar-refractivity contribution in [2.75, 3.05) is 11.9 Å². The highest BCUT2D eigenvalue weighted by Crippen LogP contribution is 2.31. The van der Waals surface area contributed by atoms with Crippen molar-refractivity contribution in [2.45, 2.75) is 18.9 Å². The van der Waals surface area contributed by atoms with E-state index in [1.165, 1.54) is 0 Å². The Balaban J connectivity index is 0.00000243. The minimum Gasteiger partial charge on any atom is -0.350 e. The molecule has 1 aliphatic carbocycles. The summed E-state index contributed by atoms with van der Waals surface area (Å²) in [7, 11) is 0. The molecule has 1 aliphatic rings. The zero-order valence-electron chi connectivity index (χ0n) is 14.1. The zero-order chi connectivity index (χ0) is 17.8. The van der Waals surface area contributed by atoms with Crippen LogP contribution >= 0.6 is 24.0 Å². The van der Waals surface area contributed by atoms with Gasteiger partial charge in [0.2, 0.25) is 0 Å². The van der Waals surface area contributed by atoms with Crippen LogP contribution in [-0.4, -0.2) is 24.4 Å². The van der Waals surface area contributed by atoms with E-state index in [-0.39, 0.29) is 30.3 Å². The van der Waals surface area contributed by atoms with Gasteiger partial charge in [-0.3, -0.25) is 9.59 Å². The van der Waals surface area contributed by atoms with Crippen LogP contribution in [0.3, 0.4) is 0 Å². The number of hydrogen-bond acceptors (Lipinski definition) is 3. The summed E-state index contributed by atoms with van der Waals surface area (Å²) >= 11 is 5.84. The molecule has 3 rings (SSSR count). The molecule has 0 saturated heterocycles. The molecule has 0 spiro atoms. The molecule has 1 fully saturated rings. The Bertz CT molecular complexity index is 777. The van der Waals surface area contributed by atoms with Crippen molar-refractivity contribution < 1.29 is 9.59 Å². The maximum atomic E-state index is 12.4. The van der Waals surface area contributed by atoms with Crippen LogP contribution in [-0.2, 0) is 0 Å². The van der Waals surface area contributed by atoms with Crippen molar-refractivity contribution in [3.8, 4) is 0 Å². The second-order valence-electron chi connectivity index (χ2n) is 6.22. The molecule has 7 heteroatoms. The molecule has 138 valence electrons. The van der Waals surface area contributed by atoms with E-state index in [9.17, 15) is 9.59 Å². The number of halogens is 2. The van der Waals surface area contributed by atoms with Crippen LogP contribution in [0.25, 0.3) is 0 Å². The molecule has 5 nitrogen and oxygen atoms in total.